The van der Waals surface area contributed by atoms with Gasteiger partial charge in [-0.1, -0.05) is 192 Å². The van der Waals surface area contributed by atoms with Crippen molar-refractivity contribution in [3.05, 3.63) is 258 Å². The van der Waals surface area contributed by atoms with Crippen LogP contribution in [0.1, 0.15) is 80.5 Å². The predicted molar refractivity (Wildman–Crippen MR) is 304 cm³/mol. The van der Waals surface area contributed by atoms with Gasteiger partial charge in [0.1, 0.15) is 0 Å². The number of nitrogens with zero attached hydrogens (tertiary/aromatic N) is 3. The van der Waals surface area contributed by atoms with E-state index in [1.54, 1.807) is 0 Å². The Bertz CT molecular complexity index is 3370. The first-order valence-electron chi connectivity index (χ1n) is 25.6. The topological polar surface area (TPSA) is 38.7 Å². The van der Waals surface area contributed by atoms with Crippen LogP contribution < -0.4 is 0 Å². The van der Waals surface area contributed by atoms with E-state index in [2.05, 4.69) is 249 Å². The Morgan fingerprint density at radius 1 is 0.365 bits per heavy atom. The maximum Gasteiger partial charge on any atom is 3.00 e. The van der Waals surface area contributed by atoms with Crippen molar-refractivity contribution in [2.24, 2.45) is 0 Å². The normalized spacial score (nSPS) is 11.6. The van der Waals surface area contributed by atoms with Gasteiger partial charge < -0.3 is 15.0 Å². The molecule has 0 amide bonds. The van der Waals surface area contributed by atoms with Gasteiger partial charge in [-0.3, -0.25) is 0 Å². The van der Waals surface area contributed by atoms with Gasteiger partial charge >= 0.3 is 20.1 Å². The van der Waals surface area contributed by atoms with Crippen LogP contribution in [0.15, 0.2) is 201 Å². The number of hydrogen-bond acceptors (Lipinski definition) is 3. The average Bonchev–Trinajstić information content (AvgIpc) is 3.42. The van der Waals surface area contributed by atoms with E-state index in [9.17, 15) is 0 Å². The molecule has 0 aliphatic heterocycles. The van der Waals surface area contributed by atoms with Gasteiger partial charge in [-0.25, -0.2) is 0 Å². The van der Waals surface area contributed by atoms with Gasteiger partial charge in [-0.15, -0.1) is 94.5 Å². The minimum atomic E-state index is 0. The van der Waals surface area contributed by atoms with E-state index in [4.69, 9.17) is 15.0 Å². The molecule has 0 radical (unpaired) electrons. The molecule has 0 aliphatic rings. The maximum atomic E-state index is 4.82. The van der Waals surface area contributed by atoms with E-state index in [-0.39, 0.29) is 30.9 Å². The fourth-order valence-electron chi connectivity index (χ4n) is 9.59. The summed E-state index contributed by atoms with van der Waals surface area (Å²) < 4.78 is 0. The van der Waals surface area contributed by atoms with E-state index < -0.39 is 0 Å². The summed E-state index contributed by atoms with van der Waals surface area (Å²) >= 11 is 0. The second-order valence-corrected chi connectivity index (χ2v) is 21.5. The van der Waals surface area contributed by atoms with Crippen LogP contribution in [0.5, 0.6) is 0 Å². The van der Waals surface area contributed by atoms with E-state index in [1.807, 2.05) is 18.6 Å². The van der Waals surface area contributed by atoms with Gasteiger partial charge in [0.15, 0.2) is 0 Å². The molecule has 366 valence electrons. The van der Waals surface area contributed by atoms with E-state index >= 15 is 0 Å². The molecule has 3 heterocycles. The minimum absolute atomic E-state index is 0. The monoisotopic (exact) mass is 1140 g/mol. The quantitative estimate of drug-likeness (QED) is 0.108. The van der Waals surface area contributed by atoms with Gasteiger partial charge in [-0.05, 0) is 115 Å². The molecule has 0 saturated carbocycles. The van der Waals surface area contributed by atoms with Crippen LogP contribution in [0.3, 0.4) is 0 Å². The zero-order valence-corrected chi connectivity index (χ0v) is 46.0. The molecule has 10 rings (SSSR count). The van der Waals surface area contributed by atoms with E-state index in [0.29, 0.717) is 0 Å². The van der Waals surface area contributed by atoms with Gasteiger partial charge in [-0.2, -0.15) is 0 Å². The first kappa shape index (κ1) is 51.5. The molecule has 0 atom stereocenters. The molecule has 0 N–H and O–H groups in total. The molecule has 0 spiro atoms. The second-order valence-electron chi connectivity index (χ2n) is 21.5. The Labute approximate surface area is 453 Å². The summed E-state index contributed by atoms with van der Waals surface area (Å²) in [6.07, 6.45) is 9.33. The van der Waals surface area contributed by atoms with Crippen LogP contribution in [-0.4, -0.2) is 15.0 Å². The van der Waals surface area contributed by atoms with Gasteiger partial charge in [0, 0.05) is 18.6 Å². The molecule has 0 unspecified atom stereocenters. The Morgan fingerprint density at radius 2 is 0.878 bits per heavy atom. The molecular weight excluding hydrogens is 1080 g/mol. The predicted octanol–water partition coefficient (Wildman–Crippen LogP) is 17.4. The number of hydrogen-bond donors (Lipinski definition) is 0. The van der Waals surface area contributed by atoms with E-state index in [0.717, 1.165) is 87.3 Å². The molecule has 0 saturated heterocycles. The van der Waals surface area contributed by atoms with Crippen molar-refractivity contribution in [3.8, 4) is 78.3 Å². The van der Waals surface area contributed by atoms with Crippen molar-refractivity contribution in [3.63, 3.8) is 0 Å². The first-order chi connectivity index (χ1) is 35.3. The van der Waals surface area contributed by atoms with Crippen molar-refractivity contribution in [2.75, 3.05) is 0 Å². The molecular formula is C70H62IrN3. The van der Waals surface area contributed by atoms with Crippen LogP contribution in [-0.2, 0) is 56.6 Å². The Hall–Kier alpha value is -7.36. The summed E-state index contributed by atoms with van der Waals surface area (Å²) in [6, 6.07) is 76.9. The van der Waals surface area contributed by atoms with Crippen molar-refractivity contribution in [1.29, 1.82) is 0 Å². The summed E-state index contributed by atoms with van der Waals surface area (Å²) in [5.74, 6) is 0. The Morgan fingerprint density at radius 3 is 1.41 bits per heavy atom. The van der Waals surface area contributed by atoms with E-state index in [1.165, 1.54) is 55.6 Å². The van der Waals surface area contributed by atoms with Gasteiger partial charge in [0.25, 0.3) is 0 Å². The zero-order chi connectivity index (χ0) is 50.5. The van der Waals surface area contributed by atoms with Crippen LogP contribution in [0.2, 0.25) is 0 Å². The molecule has 3 aromatic heterocycles. The van der Waals surface area contributed by atoms with Crippen LogP contribution >= 0.6 is 0 Å². The van der Waals surface area contributed by atoms with Gasteiger partial charge in [0.05, 0.1) is 0 Å². The smallest absolute Gasteiger partial charge is 0.305 e. The van der Waals surface area contributed by atoms with Gasteiger partial charge in [0.2, 0.25) is 0 Å². The third-order valence-corrected chi connectivity index (χ3v) is 14.0. The SMILES string of the molecule is Cc1ccc(-c2[c-]cc(-c3ccccc3-c3cc(CCc4c[c-]c(-c5cc(C(C)(C)C)ccn5)cc4)cc(CCc4c[c-]c(-c5cc(C(C)(C)C)ccn5)cc4)c3)c(-c3ccc(-c4ccccc4)cc3)c2)nc1.[Ir+3]. The minimum Gasteiger partial charge on any atom is -0.305 e. The molecule has 4 heteroatoms. The van der Waals surface area contributed by atoms with Crippen molar-refractivity contribution < 1.29 is 20.1 Å². The summed E-state index contributed by atoms with van der Waals surface area (Å²) in [7, 11) is 0. The van der Waals surface area contributed by atoms with Crippen LogP contribution in [0, 0.1) is 25.1 Å². The number of aryl methyl sites for hydroxylation is 5. The summed E-state index contributed by atoms with van der Waals surface area (Å²) in [5, 5.41) is 0. The standard InChI is InChI=1S/C70H62N3.Ir/c1-48-17-36-66(73-47-48)58-34-35-64(65(44-58)55-32-30-54(31-33-55)53-13-9-8-10-14-53)63-16-12-11-15-62(63)59-42-51(20-18-49-22-26-56(27-23-49)67-45-60(37-39-71-67)69(2,3)4)41-52(43-59)21-19-50-24-28-57(29-25-50)68-46-61(38-40-72-68)70(5,6)7;/h8-17,22-26,28,30-33,35-47H,18-21H2,1-7H3;/q-3;+3. The molecule has 7 aromatic carbocycles. The number of pyridine rings is 3. The molecule has 74 heavy (non-hydrogen) atoms. The zero-order valence-electron chi connectivity index (χ0n) is 43.6. The molecule has 3 nitrogen and oxygen atoms in total. The first-order valence-corrected chi connectivity index (χ1v) is 25.6. The largest absolute Gasteiger partial charge is 3.00 e. The Kier molecular flexibility index (Phi) is 15.6. The summed E-state index contributed by atoms with van der Waals surface area (Å²) in [5.41, 5.74) is 24.0. The maximum absolute atomic E-state index is 4.82. The van der Waals surface area contributed by atoms with Crippen molar-refractivity contribution in [2.45, 2.75) is 85.0 Å². The summed E-state index contributed by atoms with van der Waals surface area (Å²) in [4.78, 5) is 14.2. The molecule has 0 fully saturated rings. The number of rotatable bonds is 13. The second kappa shape index (κ2) is 22.4. The van der Waals surface area contributed by atoms with Crippen molar-refractivity contribution in [1.82, 2.24) is 15.0 Å². The Balaban J connectivity index is 0.00000672. The molecule has 0 bridgehead atoms. The fourth-order valence-corrected chi connectivity index (χ4v) is 9.59. The molecule has 10 aromatic rings. The third-order valence-electron chi connectivity index (χ3n) is 14.0. The summed E-state index contributed by atoms with van der Waals surface area (Å²) in [6.45, 7) is 15.5. The van der Waals surface area contributed by atoms with Crippen LogP contribution in [0.25, 0.3) is 78.3 Å². The van der Waals surface area contributed by atoms with Crippen LogP contribution in [0.4, 0.5) is 0 Å². The average molecular weight is 1140 g/mol. The number of aromatic nitrogens is 3. The molecule has 0 aliphatic carbocycles. The fraction of sp³-hybridized carbons (Fsp3) is 0.186. The number of benzene rings is 7. The van der Waals surface area contributed by atoms with Crippen molar-refractivity contribution >= 4 is 0 Å². The third kappa shape index (κ3) is 12.2.